The van der Waals surface area contributed by atoms with Crippen LogP contribution in [0.4, 0.5) is 0 Å². The van der Waals surface area contributed by atoms with Crippen LogP contribution >= 0.6 is 27.3 Å². The van der Waals surface area contributed by atoms with Crippen LogP contribution in [-0.2, 0) is 6.42 Å². The molecule has 0 bridgehead atoms. The maximum Gasteiger partial charge on any atom is 0.0967 e. The minimum Gasteiger partial charge on any atom is -0.388 e. The molecule has 2 nitrogen and oxygen atoms in total. The molecule has 20 heavy (non-hydrogen) atoms. The molecule has 0 spiro atoms. The molecular formula is C16H14BrNOS. The molecule has 2 aromatic carbocycles. The summed E-state index contributed by atoms with van der Waals surface area (Å²) in [6.45, 7) is 2.03. The third-order valence-corrected chi connectivity index (χ3v) is 5.22. The highest BCUT2D eigenvalue weighted by Crippen LogP contribution is 2.27. The first kappa shape index (κ1) is 13.7. The molecule has 0 saturated carbocycles. The number of thiazole rings is 1. The Morgan fingerprint density at radius 3 is 2.80 bits per heavy atom. The van der Waals surface area contributed by atoms with E-state index in [9.17, 15) is 5.11 Å². The van der Waals surface area contributed by atoms with Crippen molar-refractivity contribution in [2.75, 3.05) is 0 Å². The third-order valence-electron chi connectivity index (χ3n) is 3.27. The van der Waals surface area contributed by atoms with Gasteiger partial charge in [-0.05, 0) is 36.2 Å². The highest BCUT2D eigenvalue weighted by molar-refractivity contribution is 9.10. The van der Waals surface area contributed by atoms with Gasteiger partial charge in [0.05, 0.1) is 21.3 Å². The van der Waals surface area contributed by atoms with Gasteiger partial charge in [-0.25, -0.2) is 4.98 Å². The SMILES string of the molecule is Cc1cc(C(O)Cc2nc3ccccc3s2)ccc1Br. The second-order valence-electron chi connectivity index (χ2n) is 4.80. The van der Waals surface area contributed by atoms with Crippen LogP contribution in [0.1, 0.15) is 22.2 Å². The second kappa shape index (κ2) is 5.64. The molecule has 0 fully saturated rings. The van der Waals surface area contributed by atoms with Gasteiger partial charge in [0.15, 0.2) is 0 Å². The van der Waals surface area contributed by atoms with Crippen LogP contribution in [0.2, 0.25) is 0 Å². The Hall–Kier alpha value is -1.23. The van der Waals surface area contributed by atoms with Crippen LogP contribution in [0.15, 0.2) is 46.9 Å². The molecule has 0 radical (unpaired) electrons. The highest BCUT2D eigenvalue weighted by atomic mass is 79.9. The van der Waals surface area contributed by atoms with E-state index in [-0.39, 0.29) is 0 Å². The van der Waals surface area contributed by atoms with Crippen molar-refractivity contribution in [3.63, 3.8) is 0 Å². The number of halogens is 1. The fourth-order valence-electron chi connectivity index (χ4n) is 2.17. The largest absolute Gasteiger partial charge is 0.388 e. The Labute approximate surface area is 130 Å². The summed E-state index contributed by atoms with van der Waals surface area (Å²) < 4.78 is 2.23. The molecule has 0 aliphatic heterocycles. The van der Waals surface area contributed by atoms with Crippen LogP contribution < -0.4 is 0 Å². The molecule has 0 saturated heterocycles. The van der Waals surface area contributed by atoms with Crippen molar-refractivity contribution in [3.05, 3.63) is 63.1 Å². The van der Waals surface area contributed by atoms with E-state index in [2.05, 4.69) is 27.0 Å². The van der Waals surface area contributed by atoms with Gasteiger partial charge in [0, 0.05) is 10.9 Å². The first-order valence-electron chi connectivity index (χ1n) is 6.42. The van der Waals surface area contributed by atoms with Crippen molar-refractivity contribution >= 4 is 37.5 Å². The number of aryl methyl sites for hydroxylation is 1. The second-order valence-corrected chi connectivity index (χ2v) is 6.77. The Balaban J connectivity index is 1.84. The van der Waals surface area contributed by atoms with E-state index in [1.807, 2.05) is 43.3 Å². The number of aliphatic hydroxyl groups excluding tert-OH is 1. The molecule has 3 aromatic rings. The Morgan fingerprint density at radius 1 is 1.25 bits per heavy atom. The highest BCUT2D eigenvalue weighted by Gasteiger charge is 2.12. The number of para-hydroxylation sites is 1. The van der Waals surface area contributed by atoms with Crippen molar-refractivity contribution in [2.45, 2.75) is 19.4 Å². The van der Waals surface area contributed by atoms with Crippen LogP contribution in [-0.4, -0.2) is 10.1 Å². The summed E-state index contributed by atoms with van der Waals surface area (Å²) in [4.78, 5) is 4.57. The third kappa shape index (κ3) is 2.77. The standard InChI is InChI=1S/C16H14BrNOS/c1-10-8-11(6-7-12(10)17)14(19)9-16-18-13-4-2-3-5-15(13)20-16/h2-8,14,19H,9H2,1H3. The van der Waals surface area contributed by atoms with Gasteiger partial charge in [0.2, 0.25) is 0 Å². The Kier molecular flexibility index (Phi) is 3.87. The average molecular weight is 348 g/mol. The predicted octanol–water partition coefficient (Wildman–Crippen LogP) is 4.64. The number of hydrogen-bond acceptors (Lipinski definition) is 3. The fraction of sp³-hybridized carbons (Fsp3) is 0.188. The Bertz CT molecular complexity index is 720. The molecule has 3 rings (SSSR count). The van der Waals surface area contributed by atoms with Crippen LogP contribution in [0.25, 0.3) is 10.2 Å². The van der Waals surface area contributed by atoms with E-state index < -0.39 is 6.10 Å². The molecule has 4 heteroatoms. The lowest BCUT2D eigenvalue weighted by molar-refractivity contribution is 0.178. The zero-order chi connectivity index (χ0) is 14.1. The predicted molar refractivity (Wildman–Crippen MR) is 87.2 cm³/mol. The van der Waals surface area contributed by atoms with Gasteiger partial charge in [-0.2, -0.15) is 0 Å². The maximum atomic E-state index is 10.4. The Morgan fingerprint density at radius 2 is 2.05 bits per heavy atom. The van der Waals surface area contributed by atoms with Gasteiger partial charge >= 0.3 is 0 Å². The average Bonchev–Trinajstić information content (AvgIpc) is 2.83. The van der Waals surface area contributed by atoms with E-state index in [1.54, 1.807) is 11.3 Å². The summed E-state index contributed by atoms with van der Waals surface area (Å²) in [7, 11) is 0. The first-order valence-corrected chi connectivity index (χ1v) is 8.03. The van der Waals surface area contributed by atoms with E-state index in [0.717, 1.165) is 26.1 Å². The molecule has 0 amide bonds. The summed E-state index contributed by atoms with van der Waals surface area (Å²) in [6, 6.07) is 14.0. The lowest BCUT2D eigenvalue weighted by atomic mass is 10.0. The van der Waals surface area contributed by atoms with E-state index in [0.29, 0.717) is 6.42 Å². The van der Waals surface area contributed by atoms with Crippen molar-refractivity contribution in [3.8, 4) is 0 Å². The molecule has 1 unspecified atom stereocenters. The molecule has 1 heterocycles. The number of fused-ring (bicyclic) bond motifs is 1. The summed E-state index contributed by atoms with van der Waals surface area (Å²) in [5.41, 5.74) is 3.07. The summed E-state index contributed by atoms with van der Waals surface area (Å²) in [5.74, 6) is 0. The zero-order valence-electron chi connectivity index (χ0n) is 11.0. The van der Waals surface area contributed by atoms with E-state index in [4.69, 9.17) is 0 Å². The lowest BCUT2D eigenvalue weighted by Crippen LogP contribution is -2.01. The van der Waals surface area contributed by atoms with Gasteiger partial charge in [-0.15, -0.1) is 11.3 Å². The molecule has 1 aromatic heterocycles. The minimum atomic E-state index is -0.512. The summed E-state index contributed by atoms with van der Waals surface area (Å²) in [6.07, 6.45) is 0.0443. The van der Waals surface area contributed by atoms with E-state index >= 15 is 0 Å². The topological polar surface area (TPSA) is 33.1 Å². The molecular weight excluding hydrogens is 334 g/mol. The number of benzene rings is 2. The molecule has 0 aliphatic rings. The van der Waals surface area contributed by atoms with Crippen molar-refractivity contribution in [2.24, 2.45) is 0 Å². The van der Waals surface area contributed by atoms with Gasteiger partial charge in [0.25, 0.3) is 0 Å². The van der Waals surface area contributed by atoms with E-state index in [1.165, 1.54) is 4.70 Å². The molecule has 102 valence electrons. The number of aliphatic hydroxyl groups is 1. The lowest BCUT2D eigenvalue weighted by Gasteiger charge is -2.10. The molecule has 1 atom stereocenters. The smallest absolute Gasteiger partial charge is 0.0967 e. The number of aromatic nitrogens is 1. The first-order chi connectivity index (χ1) is 9.63. The summed E-state index contributed by atoms with van der Waals surface area (Å²) in [5, 5.41) is 11.3. The van der Waals surface area contributed by atoms with Crippen LogP contribution in [0.5, 0.6) is 0 Å². The molecule has 1 N–H and O–H groups in total. The van der Waals surface area contributed by atoms with Gasteiger partial charge in [0.1, 0.15) is 0 Å². The fourth-order valence-corrected chi connectivity index (χ4v) is 3.42. The monoisotopic (exact) mass is 347 g/mol. The van der Waals surface area contributed by atoms with Crippen molar-refractivity contribution in [1.82, 2.24) is 4.98 Å². The van der Waals surface area contributed by atoms with Gasteiger partial charge in [-0.3, -0.25) is 0 Å². The maximum absolute atomic E-state index is 10.4. The quantitative estimate of drug-likeness (QED) is 0.748. The normalized spacial score (nSPS) is 12.8. The van der Waals surface area contributed by atoms with Crippen LogP contribution in [0, 0.1) is 6.92 Å². The number of rotatable bonds is 3. The van der Waals surface area contributed by atoms with Gasteiger partial charge in [-0.1, -0.05) is 40.2 Å². The van der Waals surface area contributed by atoms with Crippen LogP contribution in [0.3, 0.4) is 0 Å². The minimum absolute atomic E-state index is 0.512. The van der Waals surface area contributed by atoms with Crippen molar-refractivity contribution < 1.29 is 5.11 Å². The number of hydrogen-bond donors (Lipinski definition) is 1. The summed E-state index contributed by atoms with van der Waals surface area (Å²) >= 11 is 5.12. The van der Waals surface area contributed by atoms with Crippen molar-refractivity contribution in [1.29, 1.82) is 0 Å². The van der Waals surface area contributed by atoms with Gasteiger partial charge < -0.3 is 5.11 Å². The number of nitrogens with zero attached hydrogens (tertiary/aromatic N) is 1. The molecule has 0 aliphatic carbocycles. The zero-order valence-corrected chi connectivity index (χ0v) is 13.4.